The summed E-state index contributed by atoms with van der Waals surface area (Å²) in [4.78, 5) is 14.7. The average Bonchev–Trinajstić information content (AvgIpc) is 2.70. The third-order valence-electron chi connectivity index (χ3n) is 4.90. The SMILES string of the molecule is CN(C(=O)CSC(c1ccccc1)c1ccc(Cl)cc1)C1CCNCC1.Cl. The molecule has 0 aromatic heterocycles. The first-order valence-electron chi connectivity index (χ1n) is 9.03. The van der Waals surface area contributed by atoms with Gasteiger partial charge in [-0.15, -0.1) is 24.2 Å². The number of thioether (sulfide) groups is 1. The molecule has 2 aromatic rings. The third kappa shape index (κ3) is 6.15. The number of hydrogen-bond acceptors (Lipinski definition) is 3. The smallest absolute Gasteiger partial charge is 0.232 e. The lowest BCUT2D eigenvalue weighted by atomic mass is 10.0. The zero-order valence-electron chi connectivity index (χ0n) is 15.4. The highest BCUT2D eigenvalue weighted by molar-refractivity contribution is 8.00. The molecule has 3 nitrogen and oxygen atoms in total. The van der Waals surface area contributed by atoms with Crippen molar-refractivity contribution in [3.63, 3.8) is 0 Å². The molecule has 2 aromatic carbocycles. The van der Waals surface area contributed by atoms with Crippen LogP contribution in [0.3, 0.4) is 0 Å². The molecular weight excluding hydrogens is 399 g/mol. The minimum Gasteiger partial charge on any atom is -0.342 e. The maximum atomic E-state index is 12.7. The van der Waals surface area contributed by atoms with Crippen molar-refractivity contribution in [1.29, 1.82) is 0 Å². The van der Waals surface area contributed by atoms with Crippen LogP contribution in [-0.4, -0.2) is 42.7 Å². The molecule has 6 heteroatoms. The summed E-state index contributed by atoms with van der Waals surface area (Å²) in [5.41, 5.74) is 2.38. The van der Waals surface area contributed by atoms with Crippen LogP contribution in [0.1, 0.15) is 29.2 Å². The molecule has 1 N–H and O–H groups in total. The highest BCUT2D eigenvalue weighted by Crippen LogP contribution is 2.36. The van der Waals surface area contributed by atoms with E-state index in [4.69, 9.17) is 11.6 Å². The number of carbonyl (C=O) groups excluding carboxylic acids is 1. The van der Waals surface area contributed by atoms with Gasteiger partial charge in [0, 0.05) is 18.1 Å². The van der Waals surface area contributed by atoms with Gasteiger partial charge in [-0.3, -0.25) is 4.79 Å². The second-order valence-corrected chi connectivity index (χ2v) is 8.17. The molecule has 1 unspecified atom stereocenters. The van der Waals surface area contributed by atoms with Crippen LogP contribution >= 0.6 is 35.8 Å². The van der Waals surface area contributed by atoms with E-state index < -0.39 is 0 Å². The molecule has 0 aliphatic carbocycles. The van der Waals surface area contributed by atoms with E-state index in [1.807, 2.05) is 54.4 Å². The molecule has 0 radical (unpaired) electrons. The summed E-state index contributed by atoms with van der Waals surface area (Å²) in [6.07, 6.45) is 2.07. The molecule has 1 amide bonds. The van der Waals surface area contributed by atoms with Crippen molar-refractivity contribution in [1.82, 2.24) is 10.2 Å². The van der Waals surface area contributed by atoms with Crippen molar-refractivity contribution >= 4 is 41.7 Å². The van der Waals surface area contributed by atoms with Crippen LogP contribution in [-0.2, 0) is 4.79 Å². The van der Waals surface area contributed by atoms with E-state index in [1.54, 1.807) is 11.8 Å². The normalized spacial score (nSPS) is 15.6. The molecule has 1 saturated heterocycles. The molecule has 0 spiro atoms. The fourth-order valence-electron chi connectivity index (χ4n) is 3.30. The van der Waals surface area contributed by atoms with Gasteiger partial charge in [0.1, 0.15) is 0 Å². The predicted molar refractivity (Wildman–Crippen MR) is 118 cm³/mol. The minimum absolute atomic E-state index is 0. The van der Waals surface area contributed by atoms with Crippen LogP contribution in [0, 0.1) is 0 Å². The van der Waals surface area contributed by atoms with Gasteiger partial charge in [-0.05, 0) is 49.2 Å². The lowest BCUT2D eigenvalue weighted by Gasteiger charge is -2.32. The topological polar surface area (TPSA) is 32.3 Å². The first-order valence-corrected chi connectivity index (χ1v) is 10.5. The summed E-state index contributed by atoms with van der Waals surface area (Å²) < 4.78 is 0. The number of nitrogens with zero attached hydrogens (tertiary/aromatic N) is 1. The predicted octanol–water partition coefficient (Wildman–Crippen LogP) is 4.79. The number of nitrogens with one attached hydrogen (secondary N) is 1. The molecule has 0 bridgehead atoms. The van der Waals surface area contributed by atoms with Gasteiger partial charge in [0.05, 0.1) is 11.0 Å². The highest BCUT2D eigenvalue weighted by Gasteiger charge is 2.23. The first kappa shape index (κ1) is 22.1. The summed E-state index contributed by atoms with van der Waals surface area (Å²) >= 11 is 7.73. The molecule has 1 heterocycles. The Labute approximate surface area is 177 Å². The molecule has 3 rings (SSSR count). The monoisotopic (exact) mass is 424 g/mol. The van der Waals surface area contributed by atoms with E-state index in [-0.39, 0.29) is 23.6 Å². The first-order chi connectivity index (χ1) is 12.6. The van der Waals surface area contributed by atoms with Crippen LogP contribution in [0.2, 0.25) is 5.02 Å². The summed E-state index contributed by atoms with van der Waals surface area (Å²) in [6.45, 7) is 1.99. The maximum Gasteiger partial charge on any atom is 0.232 e. The van der Waals surface area contributed by atoms with Gasteiger partial charge in [-0.25, -0.2) is 0 Å². The van der Waals surface area contributed by atoms with E-state index in [2.05, 4.69) is 17.4 Å². The minimum atomic E-state index is 0. The summed E-state index contributed by atoms with van der Waals surface area (Å²) in [5, 5.41) is 4.21. The molecule has 0 saturated carbocycles. The van der Waals surface area contributed by atoms with Gasteiger partial charge < -0.3 is 10.2 Å². The van der Waals surface area contributed by atoms with Crippen LogP contribution in [0.25, 0.3) is 0 Å². The van der Waals surface area contributed by atoms with Crippen LogP contribution in [0.15, 0.2) is 54.6 Å². The van der Waals surface area contributed by atoms with E-state index in [0.29, 0.717) is 11.8 Å². The fraction of sp³-hybridized carbons (Fsp3) is 0.381. The van der Waals surface area contributed by atoms with Crippen molar-refractivity contribution in [2.45, 2.75) is 24.1 Å². The Bertz CT molecular complexity index is 706. The molecule has 1 aliphatic heterocycles. The highest BCUT2D eigenvalue weighted by atomic mass is 35.5. The van der Waals surface area contributed by atoms with Crippen molar-refractivity contribution in [2.24, 2.45) is 0 Å². The van der Waals surface area contributed by atoms with E-state index in [1.165, 1.54) is 11.1 Å². The Morgan fingerprint density at radius 3 is 2.33 bits per heavy atom. The lowest BCUT2D eigenvalue weighted by Crippen LogP contribution is -2.44. The maximum absolute atomic E-state index is 12.7. The van der Waals surface area contributed by atoms with Crippen LogP contribution < -0.4 is 5.32 Å². The summed E-state index contributed by atoms with van der Waals surface area (Å²) in [6, 6.07) is 18.6. The van der Waals surface area contributed by atoms with E-state index >= 15 is 0 Å². The molecule has 27 heavy (non-hydrogen) atoms. The van der Waals surface area contributed by atoms with Crippen molar-refractivity contribution in [3.05, 3.63) is 70.7 Å². The fourth-order valence-corrected chi connectivity index (χ4v) is 4.64. The lowest BCUT2D eigenvalue weighted by molar-refractivity contribution is -0.129. The largest absolute Gasteiger partial charge is 0.342 e. The second-order valence-electron chi connectivity index (χ2n) is 6.64. The number of amides is 1. The van der Waals surface area contributed by atoms with Gasteiger partial charge in [0.2, 0.25) is 5.91 Å². The number of hydrogen-bond donors (Lipinski definition) is 1. The number of piperidine rings is 1. The standard InChI is InChI=1S/C21H25ClN2OS.ClH/c1-24(19-11-13-23-14-12-19)20(25)15-26-21(16-5-3-2-4-6-16)17-7-9-18(22)10-8-17;/h2-10,19,21,23H,11-15H2,1H3;1H. The third-order valence-corrected chi connectivity index (χ3v) is 6.44. The van der Waals surface area contributed by atoms with Gasteiger partial charge in [-0.1, -0.05) is 54.1 Å². The van der Waals surface area contributed by atoms with Gasteiger partial charge in [-0.2, -0.15) is 0 Å². The second kappa shape index (κ2) is 11.0. The summed E-state index contributed by atoms with van der Waals surface area (Å²) in [7, 11) is 1.94. The van der Waals surface area contributed by atoms with Gasteiger partial charge in [0.15, 0.2) is 0 Å². The van der Waals surface area contributed by atoms with Crippen molar-refractivity contribution in [3.8, 4) is 0 Å². The van der Waals surface area contributed by atoms with E-state index in [9.17, 15) is 4.79 Å². The molecule has 1 atom stereocenters. The quantitative estimate of drug-likeness (QED) is 0.722. The number of rotatable bonds is 6. The van der Waals surface area contributed by atoms with Crippen molar-refractivity contribution in [2.75, 3.05) is 25.9 Å². The Balaban J connectivity index is 0.00000261. The molecular formula is C21H26Cl2N2OS. The Kier molecular flexibility index (Phi) is 8.97. The Hall–Kier alpha value is -1.20. The van der Waals surface area contributed by atoms with Crippen LogP contribution in [0.5, 0.6) is 0 Å². The number of halogens is 2. The molecule has 146 valence electrons. The van der Waals surface area contributed by atoms with Crippen molar-refractivity contribution < 1.29 is 4.79 Å². The number of benzene rings is 2. The van der Waals surface area contributed by atoms with Gasteiger partial charge >= 0.3 is 0 Å². The zero-order valence-corrected chi connectivity index (χ0v) is 17.8. The van der Waals surface area contributed by atoms with Crippen LogP contribution in [0.4, 0.5) is 0 Å². The Morgan fingerprint density at radius 1 is 1.11 bits per heavy atom. The van der Waals surface area contributed by atoms with Gasteiger partial charge in [0.25, 0.3) is 0 Å². The number of carbonyl (C=O) groups is 1. The zero-order chi connectivity index (χ0) is 18.4. The molecule has 1 fully saturated rings. The van der Waals surface area contributed by atoms with E-state index in [0.717, 1.165) is 31.0 Å². The molecule has 1 aliphatic rings. The average molecular weight is 425 g/mol. The summed E-state index contributed by atoms with van der Waals surface area (Å²) in [5.74, 6) is 0.680. The Morgan fingerprint density at radius 2 is 1.70 bits per heavy atom.